The second-order valence-corrected chi connectivity index (χ2v) is 6.92. The summed E-state index contributed by atoms with van der Waals surface area (Å²) in [6.07, 6.45) is 6.41. The van der Waals surface area contributed by atoms with Gasteiger partial charge in [-0.25, -0.2) is 14.8 Å². The molecule has 3 heterocycles. The molecule has 0 unspecified atom stereocenters. The van der Waals surface area contributed by atoms with Gasteiger partial charge in [0.15, 0.2) is 0 Å². The monoisotopic (exact) mass is 348 g/mol. The third kappa shape index (κ3) is 3.93. The summed E-state index contributed by atoms with van der Waals surface area (Å²) in [5, 5.41) is 6.02. The van der Waals surface area contributed by atoms with Crippen LogP contribution in [-0.2, 0) is 13.6 Å². The number of amides is 2. The van der Waals surface area contributed by atoms with Crippen molar-refractivity contribution in [3.63, 3.8) is 0 Å². The molecule has 1 N–H and O–H groups in total. The highest BCUT2D eigenvalue weighted by Gasteiger charge is 2.24. The number of urea groups is 1. The fourth-order valence-corrected chi connectivity index (χ4v) is 3.62. The Kier molecular flexibility index (Phi) is 5.47. The van der Waals surface area contributed by atoms with Crippen molar-refractivity contribution in [2.45, 2.75) is 25.9 Å². The molecule has 130 valence electrons. The van der Waals surface area contributed by atoms with E-state index in [2.05, 4.69) is 27.1 Å². The lowest BCUT2D eigenvalue weighted by Crippen LogP contribution is -2.52. The van der Waals surface area contributed by atoms with E-state index in [9.17, 15) is 4.79 Å². The van der Waals surface area contributed by atoms with Crippen molar-refractivity contribution in [3.05, 3.63) is 34.8 Å². The number of carbonyl (C=O) groups is 1. The highest BCUT2D eigenvalue weighted by atomic mass is 32.1. The van der Waals surface area contributed by atoms with E-state index in [1.807, 2.05) is 34.3 Å². The SMILES string of the molecule is CC[C@H](NC(=O)N1CCN(Cc2nccn2C)CC1)c1nccs1. The summed E-state index contributed by atoms with van der Waals surface area (Å²) in [7, 11) is 2.01. The average Bonchev–Trinajstić information content (AvgIpc) is 3.26. The summed E-state index contributed by atoms with van der Waals surface area (Å²) >= 11 is 1.59. The lowest BCUT2D eigenvalue weighted by molar-refractivity contribution is 0.131. The molecule has 24 heavy (non-hydrogen) atoms. The zero-order valence-corrected chi connectivity index (χ0v) is 15.0. The molecule has 8 heteroatoms. The van der Waals surface area contributed by atoms with Crippen LogP contribution in [0.1, 0.15) is 30.2 Å². The predicted octanol–water partition coefficient (Wildman–Crippen LogP) is 1.86. The van der Waals surface area contributed by atoms with E-state index < -0.39 is 0 Å². The Morgan fingerprint density at radius 3 is 2.67 bits per heavy atom. The summed E-state index contributed by atoms with van der Waals surface area (Å²) in [5.41, 5.74) is 0. The van der Waals surface area contributed by atoms with Gasteiger partial charge in [0.05, 0.1) is 12.6 Å². The van der Waals surface area contributed by atoms with E-state index in [0.717, 1.165) is 50.0 Å². The maximum atomic E-state index is 12.5. The fourth-order valence-electron chi connectivity index (χ4n) is 2.84. The third-order valence-electron chi connectivity index (χ3n) is 4.40. The first-order valence-electron chi connectivity index (χ1n) is 8.30. The molecule has 0 aromatic carbocycles. The summed E-state index contributed by atoms with van der Waals surface area (Å²) < 4.78 is 2.04. The summed E-state index contributed by atoms with van der Waals surface area (Å²) in [4.78, 5) is 25.4. The number of aromatic nitrogens is 3. The first-order valence-corrected chi connectivity index (χ1v) is 9.18. The second kappa shape index (κ2) is 7.76. The molecule has 7 nitrogen and oxygen atoms in total. The van der Waals surface area contributed by atoms with Crippen molar-refractivity contribution in [1.82, 2.24) is 29.7 Å². The number of carbonyl (C=O) groups excluding carboxylic acids is 1. The number of aryl methyl sites for hydroxylation is 1. The van der Waals surface area contributed by atoms with Crippen LogP contribution in [-0.4, -0.2) is 56.5 Å². The molecule has 2 aromatic heterocycles. The first kappa shape index (κ1) is 16.9. The molecule has 0 spiro atoms. The van der Waals surface area contributed by atoms with E-state index in [0.29, 0.717) is 0 Å². The Morgan fingerprint density at radius 2 is 2.08 bits per heavy atom. The molecule has 1 aliphatic heterocycles. The predicted molar refractivity (Wildman–Crippen MR) is 93.7 cm³/mol. The van der Waals surface area contributed by atoms with Crippen LogP contribution in [0.2, 0.25) is 0 Å². The Hall–Kier alpha value is -1.93. The first-order chi connectivity index (χ1) is 11.7. The van der Waals surface area contributed by atoms with Gasteiger partial charge in [-0.2, -0.15) is 0 Å². The van der Waals surface area contributed by atoms with Crippen LogP contribution in [0.25, 0.3) is 0 Å². The van der Waals surface area contributed by atoms with E-state index in [-0.39, 0.29) is 12.1 Å². The Balaban J connectivity index is 1.49. The normalized spacial score (nSPS) is 17.0. The van der Waals surface area contributed by atoms with Crippen molar-refractivity contribution in [2.75, 3.05) is 26.2 Å². The fraction of sp³-hybridized carbons (Fsp3) is 0.562. The lowest BCUT2D eigenvalue weighted by Gasteiger charge is -2.35. The van der Waals surface area contributed by atoms with Crippen LogP contribution in [0.5, 0.6) is 0 Å². The number of hydrogen-bond acceptors (Lipinski definition) is 5. The molecule has 0 radical (unpaired) electrons. The topological polar surface area (TPSA) is 66.3 Å². The van der Waals surface area contributed by atoms with Gasteiger partial charge < -0.3 is 14.8 Å². The molecule has 2 aromatic rings. The van der Waals surface area contributed by atoms with Gasteiger partial charge >= 0.3 is 6.03 Å². The molecule has 3 rings (SSSR count). The van der Waals surface area contributed by atoms with Crippen LogP contribution in [0.3, 0.4) is 0 Å². The molecule has 0 saturated carbocycles. The molecule has 0 bridgehead atoms. The van der Waals surface area contributed by atoms with E-state index >= 15 is 0 Å². The minimum absolute atomic E-state index is 0.00287. The lowest BCUT2D eigenvalue weighted by atomic mass is 10.2. The smallest absolute Gasteiger partial charge is 0.318 e. The second-order valence-electron chi connectivity index (χ2n) is 6.00. The van der Waals surface area contributed by atoms with Crippen LogP contribution in [0, 0.1) is 0 Å². The van der Waals surface area contributed by atoms with Crippen molar-refractivity contribution in [1.29, 1.82) is 0 Å². The minimum Gasteiger partial charge on any atom is -0.337 e. The largest absolute Gasteiger partial charge is 0.337 e. The molecule has 1 atom stereocenters. The van der Waals surface area contributed by atoms with Crippen molar-refractivity contribution >= 4 is 17.4 Å². The minimum atomic E-state index is 0.00287. The number of hydrogen-bond donors (Lipinski definition) is 1. The van der Waals surface area contributed by atoms with Gasteiger partial charge in [0.1, 0.15) is 10.8 Å². The number of nitrogens with zero attached hydrogens (tertiary/aromatic N) is 5. The van der Waals surface area contributed by atoms with E-state index in [1.165, 1.54) is 0 Å². The van der Waals surface area contributed by atoms with E-state index in [1.54, 1.807) is 17.5 Å². The molecule has 0 aliphatic carbocycles. The Labute approximate surface area is 146 Å². The van der Waals surface area contributed by atoms with Crippen LogP contribution in [0.15, 0.2) is 24.0 Å². The van der Waals surface area contributed by atoms with Gasteiger partial charge in [0.2, 0.25) is 0 Å². The maximum absolute atomic E-state index is 12.5. The van der Waals surface area contributed by atoms with Gasteiger partial charge in [0, 0.05) is 57.2 Å². The van der Waals surface area contributed by atoms with Crippen LogP contribution < -0.4 is 5.32 Å². The van der Waals surface area contributed by atoms with Crippen LogP contribution >= 0.6 is 11.3 Å². The summed E-state index contributed by atoms with van der Waals surface area (Å²) in [5.74, 6) is 1.06. The van der Waals surface area contributed by atoms with Gasteiger partial charge in [-0.1, -0.05) is 6.92 Å². The van der Waals surface area contributed by atoms with Gasteiger partial charge in [-0.3, -0.25) is 4.90 Å². The zero-order chi connectivity index (χ0) is 16.9. The van der Waals surface area contributed by atoms with Crippen molar-refractivity contribution < 1.29 is 4.79 Å². The highest BCUT2D eigenvalue weighted by Crippen LogP contribution is 2.19. The molecule has 1 aliphatic rings. The highest BCUT2D eigenvalue weighted by molar-refractivity contribution is 7.09. The molecule has 1 saturated heterocycles. The quantitative estimate of drug-likeness (QED) is 0.896. The summed E-state index contributed by atoms with van der Waals surface area (Å²) in [6.45, 7) is 6.12. The number of nitrogens with one attached hydrogen (secondary N) is 1. The zero-order valence-electron chi connectivity index (χ0n) is 14.2. The molecular weight excluding hydrogens is 324 g/mol. The third-order valence-corrected chi connectivity index (χ3v) is 5.29. The maximum Gasteiger partial charge on any atom is 0.318 e. The van der Waals surface area contributed by atoms with Crippen molar-refractivity contribution in [2.24, 2.45) is 7.05 Å². The Bertz CT molecular complexity index is 647. The number of piperazine rings is 1. The standard InChI is InChI=1S/C16H24N6OS/c1-3-13(15-18-5-11-24-15)19-16(23)22-9-7-21(8-10-22)12-14-17-4-6-20(14)2/h4-6,11,13H,3,7-10,12H2,1-2H3,(H,19,23)/t13-/m0/s1. The Morgan fingerprint density at radius 1 is 1.29 bits per heavy atom. The number of rotatable bonds is 5. The summed E-state index contributed by atoms with van der Waals surface area (Å²) in [6, 6.07) is 0.0109. The van der Waals surface area contributed by atoms with Gasteiger partial charge in [0.25, 0.3) is 0 Å². The average molecular weight is 348 g/mol. The number of thiazole rings is 1. The van der Waals surface area contributed by atoms with Gasteiger partial charge in [-0.05, 0) is 6.42 Å². The van der Waals surface area contributed by atoms with Crippen molar-refractivity contribution in [3.8, 4) is 0 Å². The molecule has 2 amide bonds. The molecule has 1 fully saturated rings. The molecular formula is C16H24N6OS. The van der Waals surface area contributed by atoms with Crippen LogP contribution in [0.4, 0.5) is 4.79 Å². The van der Waals surface area contributed by atoms with Gasteiger partial charge in [-0.15, -0.1) is 11.3 Å². The number of imidazole rings is 1. The van der Waals surface area contributed by atoms with E-state index in [4.69, 9.17) is 0 Å².